The number of sulfonamides is 1. The van der Waals surface area contributed by atoms with E-state index in [0.29, 0.717) is 31.2 Å². The van der Waals surface area contributed by atoms with Gasteiger partial charge in [-0.05, 0) is 42.5 Å². The molecule has 2 aromatic rings. The van der Waals surface area contributed by atoms with Gasteiger partial charge >= 0.3 is 0 Å². The monoisotopic (exact) mass is 471 g/mol. The second-order valence-electron chi connectivity index (χ2n) is 7.40. The highest BCUT2D eigenvalue weighted by Gasteiger charge is 2.32. The minimum absolute atomic E-state index is 0.0130. The summed E-state index contributed by atoms with van der Waals surface area (Å²) in [4.78, 5) is 15.4. The van der Waals surface area contributed by atoms with Gasteiger partial charge in [-0.2, -0.15) is 4.31 Å². The van der Waals surface area contributed by atoms with Crippen molar-refractivity contribution < 1.29 is 18.1 Å². The zero-order valence-corrected chi connectivity index (χ0v) is 19.2. The highest BCUT2D eigenvalue weighted by Crippen LogP contribution is 2.27. The fourth-order valence-electron chi connectivity index (χ4n) is 3.31. The molecule has 2 aromatic carbocycles. The number of hydrogen-bond acceptors (Lipinski definition) is 4. The first-order valence-electron chi connectivity index (χ1n) is 9.53. The van der Waals surface area contributed by atoms with E-state index in [1.807, 2.05) is 43.3 Å². The van der Waals surface area contributed by atoms with Crippen LogP contribution in [0.2, 0.25) is 10.0 Å². The number of halogens is 2. The summed E-state index contributed by atoms with van der Waals surface area (Å²) >= 11 is 12.0. The predicted molar refractivity (Wildman–Crippen MR) is 120 cm³/mol. The SMILES string of the molecule is CN(C)c1ccc(NC(=O)C[NH+]2CCN(S(=O)(=O)c3cc(Cl)ccc3Cl)CC2)cc1. The lowest BCUT2D eigenvalue weighted by atomic mass is 10.2. The average Bonchev–Trinajstić information content (AvgIpc) is 2.70. The Hall–Kier alpha value is -1.84. The van der Waals surface area contributed by atoms with Gasteiger partial charge in [-0.15, -0.1) is 0 Å². The molecular formula is C20H25Cl2N4O3S+. The Morgan fingerprint density at radius 1 is 1.10 bits per heavy atom. The van der Waals surface area contributed by atoms with E-state index in [2.05, 4.69) is 5.32 Å². The molecule has 0 aromatic heterocycles. The van der Waals surface area contributed by atoms with Crippen LogP contribution in [0.3, 0.4) is 0 Å². The van der Waals surface area contributed by atoms with Crippen molar-refractivity contribution in [3.63, 3.8) is 0 Å². The summed E-state index contributed by atoms with van der Waals surface area (Å²) in [6, 6.07) is 12.0. The van der Waals surface area contributed by atoms with E-state index >= 15 is 0 Å². The van der Waals surface area contributed by atoms with E-state index in [1.165, 1.54) is 16.4 Å². The van der Waals surface area contributed by atoms with Crippen molar-refractivity contribution in [3.8, 4) is 0 Å². The van der Waals surface area contributed by atoms with Gasteiger partial charge in [0.05, 0.1) is 31.2 Å². The lowest BCUT2D eigenvalue weighted by Crippen LogP contribution is -3.15. The summed E-state index contributed by atoms with van der Waals surface area (Å²) in [5.41, 5.74) is 1.79. The van der Waals surface area contributed by atoms with Gasteiger partial charge in [0.2, 0.25) is 10.0 Å². The fourth-order valence-corrected chi connectivity index (χ4v) is 5.49. The maximum atomic E-state index is 12.9. The summed E-state index contributed by atoms with van der Waals surface area (Å²) in [7, 11) is 0.183. The minimum atomic E-state index is -3.73. The number of benzene rings is 2. The summed E-state index contributed by atoms with van der Waals surface area (Å²) in [6.45, 7) is 1.96. The molecule has 1 amide bonds. The third kappa shape index (κ3) is 5.44. The molecule has 0 bridgehead atoms. The van der Waals surface area contributed by atoms with Gasteiger partial charge in [-0.25, -0.2) is 8.42 Å². The van der Waals surface area contributed by atoms with E-state index in [1.54, 1.807) is 6.07 Å². The van der Waals surface area contributed by atoms with Crippen LogP contribution in [0, 0.1) is 0 Å². The Balaban J connectivity index is 1.55. The van der Waals surface area contributed by atoms with Gasteiger partial charge in [0, 0.05) is 30.5 Å². The first kappa shape index (κ1) is 22.8. The maximum absolute atomic E-state index is 12.9. The van der Waals surface area contributed by atoms with E-state index in [4.69, 9.17) is 23.2 Å². The van der Waals surface area contributed by atoms with Gasteiger partial charge in [0.1, 0.15) is 4.90 Å². The molecule has 1 aliphatic rings. The summed E-state index contributed by atoms with van der Waals surface area (Å²) in [6.07, 6.45) is 0. The molecule has 2 N–H and O–H groups in total. The van der Waals surface area contributed by atoms with Gasteiger partial charge in [0.25, 0.3) is 5.91 Å². The molecule has 10 heteroatoms. The molecule has 30 heavy (non-hydrogen) atoms. The molecular weight excluding hydrogens is 447 g/mol. The third-order valence-corrected chi connectivity index (χ3v) is 7.63. The molecule has 1 heterocycles. The summed E-state index contributed by atoms with van der Waals surface area (Å²) in [5, 5.41) is 3.36. The number of nitrogens with one attached hydrogen (secondary N) is 2. The second-order valence-corrected chi connectivity index (χ2v) is 10.1. The molecule has 162 valence electrons. The first-order valence-corrected chi connectivity index (χ1v) is 11.7. The molecule has 0 atom stereocenters. The Labute approximate surface area is 187 Å². The van der Waals surface area contributed by atoms with Crippen LogP contribution < -0.4 is 15.1 Å². The predicted octanol–water partition coefficient (Wildman–Crippen LogP) is 1.59. The highest BCUT2D eigenvalue weighted by atomic mass is 35.5. The molecule has 1 fully saturated rings. The van der Waals surface area contributed by atoms with Gasteiger partial charge in [-0.3, -0.25) is 4.79 Å². The normalized spacial score (nSPS) is 15.7. The fraction of sp³-hybridized carbons (Fsp3) is 0.350. The number of carbonyl (C=O) groups excluding carboxylic acids is 1. The number of quaternary nitrogens is 1. The Kier molecular flexibility index (Phi) is 7.26. The van der Waals surface area contributed by atoms with Crippen LogP contribution in [0.1, 0.15) is 0 Å². The van der Waals surface area contributed by atoms with Crippen molar-refractivity contribution in [1.29, 1.82) is 0 Å². The van der Waals surface area contributed by atoms with Crippen LogP contribution >= 0.6 is 23.2 Å². The lowest BCUT2D eigenvalue weighted by molar-refractivity contribution is -0.895. The topological polar surface area (TPSA) is 74.2 Å². The van der Waals surface area contributed by atoms with Crippen molar-refractivity contribution in [2.75, 3.05) is 57.0 Å². The minimum Gasteiger partial charge on any atom is -0.378 e. The van der Waals surface area contributed by atoms with Crippen molar-refractivity contribution in [1.82, 2.24) is 4.31 Å². The Bertz CT molecular complexity index is 1010. The number of carbonyl (C=O) groups is 1. The molecule has 0 radical (unpaired) electrons. The molecule has 1 aliphatic heterocycles. The van der Waals surface area contributed by atoms with Gasteiger partial charge in [-0.1, -0.05) is 23.2 Å². The van der Waals surface area contributed by atoms with Crippen LogP contribution in [-0.2, 0) is 14.8 Å². The van der Waals surface area contributed by atoms with Gasteiger partial charge in [0.15, 0.2) is 6.54 Å². The summed E-state index contributed by atoms with van der Waals surface area (Å²) in [5.74, 6) is -0.100. The van der Waals surface area contributed by atoms with Crippen LogP contribution in [0.5, 0.6) is 0 Å². The zero-order valence-electron chi connectivity index (χ0n) is 16.9. The average molecular weight is 472 g/mol. The van der Waals surface area contributed by atoms with E-state index < -0.39 is 10.0 Å². The molecule has 0 unspecified atom stereocenters. The standard InChI is InChI=1S/C20H24Cl2N4O3S/c1-24(2)17-6-4-16(5-7-17)23-20(27)14-25-9-11-26(12-10-25)30(28,29)19-13-15(21)3-8-18(19)22/h3-8,13H,9-12,14H2,1-2H3,(H,23,27)/p+1. The summed E-state index contributed by atoms with van der Waals surface area (Å²) < 4.78 is 27.2. The number of hydrogen-bond donors (Lipinski definition) is 2. The lowest BCUT2D eigenvalue weighted by Gasteiger charge is -2.31. The molecule has 3 rings (SSSR count). The van der Waals surface area contributed by atoms with E-state index in [-0.39, 0.29) is 22.4 Å². The molecule has 0 aliphatic carbocycles. The Morgan fingerprint density at radius 3 is 2.33 bits per heavy atom. The van der Waals surface area contributed by atoms with Crippen molar-refractivity contribution in [2.45, 2.75) is 4.90 Å². The maximum Gasteiger partial charge on any atom is 0.279 e. The van der Waals surface area contributed by atoms with Crippen molar-refractivity contribution in [3.05, 3.63) is 52.5 Å². The Morgan fingerprint density at radius 2 is 1.73 bits per heavy atom. The quantitative estimate of drug-likeness (QED) is 0.670. The van der Waals surface area contributed by atoms with E-state index in [0.717, 1.165) is 16.3 Å². The first-order chi connectivity index (χ1) is 14.2. The third-order valence-electron chi connectivity index (χ3n) is 5.02. The van der Waals surface area contributed by atoms with Crippen LogP contribution in [0.25, 0.3) is 0 Å². The second kappa shape index (κ2) is 9.53. The number of nitrogens with zero attached hydrogens (tertiary/aromatic N) is 2. The van der Waals surface area contributed by atoms with Gasteiger partial charge < -0.3 is 15.1 Å². The zero-order chi connectivity index (χ0) is 21.9. The van der Waals surface area contributed by atoms with Crippen molar-refractivity contribution in [2.24, 2.45) is 0 Å². The van der Waals surface area contributed by atoms with Crippen LogP contribution in [0.4, 0.5) is 11.4 Å². The largest absolute Gasteiger partial charge is 0.378 e. The number of anilines is 2. The molecule has 0 spiro atoms. The molecule has 0 saturated carbocycles. The van der Waals surface area contributed by atoms with E-state index in [9.17, 15) is 13.2 Å². The van der Waals surface area contributed by atoms with Crippen LogP contribution in [0.15, 0.2) is 47.4 Å². The number of piperazine rings is 1. The molecule has 1 saturated heterocycles. The van der Waals surface area contributed by atoms with Crippen molar-refractivity contribution >= 4 is 50.5 Å². The molecule has 7 nitrogen and oxygen atoms in total. The number of amides is 1. The number of rotatable bonds is 6. The highest BCUT2D eigenvalue weighted by molar-refractivity contribution is 7.89. The van der Waals surface area contributed by atoms with Crippen LogP contribution in [-0.4, -0.2) is 65.4 Å². The smallest absolute Gasteiger partial charge is 0.279 e.